The molecule has 4 aliphatic rings. The Balaban J connectivity index is 1.54. The molecule has 6 unspecified atom stereocenters. The van der Waals surface area contributed by atoms with Crippen molar-refractivity contribution in [1.29, 1.82) is 5.26 Å². The van der Waals surface area contributed by atoms with Crippen molar-refractivity contribution in [3.63, 3.8) is 0 Å². The molecule has 0 radical (unpaired) electrons. The highest BCUT2D eigenvalue weighted by Gasteiger charge is 2.74. The first-order valence-electron chi connectivity index (χ1n) is 9.29. The Morgan fingerprint density at radius 2 is 2.04 bits per heavy atom. The van der Waals surface area contributed by atoms with E-state index < -0.39 is 22.9 Å². The van der Waals surface area contributed by atoms with Crippen molar-refractivity contribution in [3.8, 4) is 6.07 Å². The molecule has 5 nitrogen and oxygen atoms in total. The van der Waals surface area contributed by atoms with E-state index in [-0.39, 0.29) is 34.7 Å². The molecular weight excluding hydrogens is 318 g/mol. The fourth-order valence-corrected chi connectivity index (χ4v) is 5.86. The van der Waals surface area contributed by atoms with Crippen molar-refractivity contribution in [3.05, 3.63) is 0 Å². The zero-order chi connectivity index (χ0) is 18.4. The molecule has 136 valence electrons. The van der Waals surface area contributed by atoms with E-state index in [2.05, 4.69) is 40.7 Å². The first-order valence-corrected chi connectivity index (χ1v) is 9.29. The average Bonchev–Trinajstić information content (AvgIpc) is 2.80. The topological polar surface area (TPSA) is 76.4 Å². The van der Waals surface area contributed by atoms with E-state index in [0.29, 0.717) is 6.42 Å². The molecule has 5 heteroatoms. The van der Waals surface area contributed by atoms with Gasteiger partial charge in [0, 0.05) is 11.8 Å². The predicted molar refractivity (Wildman–Crippen MR) is 88.9 cm³/mol. The molecular formula is C20H27NO4. The molecule has 0 aromatic rings. The summed E-state index contributed by atoms with van der Waals surface area (Å²) in [4.78, 5) is 25.3. The van der Waals surface area contributed by atoms with Crippen LogP contribution in [0.1, 0.15) is 60.3 Å². The second kappa shape index (κ2) is 4.58. The van der Waals surface area contributed by atoms with E-state index in [1.54, 1.807) is 0 Å². The summed E-state index contributed by atoms with van der Waals surface area (Å²) in [6.07, 6.45) is 2.04. The third-order valence-corrected chi connectivity index (χ3v) is 7.15. The Hall–Kier alpha value is -1.57. The maximum absolute atomic E-state index is 13.1. The number of nitriles is 1. The lowest BCUT2D eigenvalue weighted by molar-refractivity contribution is -0.169. The van der Waals surface area contributed by atoms with Crippen molar-refractivity contribution < 1.29 is 19.1 Å². The number of carbonyl (C=O) groups excluding carboxylic acids is 2. The highest BCUT2D eigenvalue weighted by Crippen LogP contribution is 2.69. The summed E-state index contributed by atoms with van der Waals surface area (Å²) in [5.74, 6) is -0.602. The summed E-state index contributed by atoms with van der Waals surface area (Å²) < 4.78 is 11.5. The highest BCUT2D eigenvalue weighted by atomic mass is 16.6. The standard InChI is InChI=1S/C20H27NO4/c1-17(2,3)8-20(9-18(20,4)5)16(23)24-13-11-6-12-14(13)25-15(22)19(12,7-11)10-21/h11-14H,6-9H2,1-5H3. The van der Waals surface area contributed by atoms with Gasteiger partial charge < -0.3 is 9.47 Å². The fourth-order valence-electron chi connectivity index (χ4n) is 5.86. The Kier molecular flexibility index (Phi) is 3.09. The number of carbonyl (C=O) groups is 2. The number of hydrogen-bond donors (Lipinski definition) is 0. The number of rotatable bonds is 3. The summed E-state index contributed by atoms with van der Waals surface area (Å²) in [5.41, 5.74) is -1.45. The van der Waals surface area contributed by atoms with Gasteiger partial charge in [0.15, 0.2) is 5.41 Å². The van der Waals surface area contributed by atoms with Crippen LogP contribution in [0, 0.1) is 44.8 Å². The molecule has 4 rings (SSSR count). The lowest BCUT2D eigenvalue weighted by atomic mass is 9.74. The quantitative estimate of drug-likeness (QED) is 0.734. The largest absolute Gasteiger partial charge is 0.458 e. The lowest BCUT2D eigenvalue weighted by Crippen LogP contribution is -2.42. The van der Waals surface area contributed by atoms with Crippen LogP contribution in [0.3, 0.4) is 0 Å². The van der Waals surface area contributed by atoms with Gasteiger partial charge in [0.2, 0.25) is 0 Å². The fraction of sp³-hybridized carbons (Fsp3) is 0.850. The van der Waals surface area contributed by atoms with Gasteiger partial charge in [-0.05, 0) is 36.5 Å². The first kappa shape index (κ1) is 16.9. The molecule has 4 fully saturated rings. The van der Waals surface area contributed by atoms with Crippen molar-refractivity contribution in [2.24, 2.45) is 33.5 Å². The average molecular weight is 345 g/mol. The molecule has 6 atom stereocenters. The maximum atomic E-state index is 13.1. The van der Waals surface area contributed by atoms with Gasteiger partial charge in [-0.1, -0.05) is 34.6 Å². The number of ether oxygens (including phenoxy) is 2. The highest BCUT2D eigenvalue weighted by molar-refractivity contribution is 5.85. The van der Waals surface area contributed by atoms with Gasteiger partial charge in [-0.15, -0.1) is 0 Å². The van der Waals surface area contributed by atoms with Crippen molar-refractivity contribution in [2.75, 3.05) is 0 Å². The van der Waals surface area contributed by atoms with Crippen LogP contribution in [0.2, 0.25) is 0 Å². The first-order chi connectivity index (χ1) is 11.5. The van der Waals surface area contributed by atoms with Gasteiger partial charge in [-0.25, -0.2) is 0 Å². The van der Waals surface area contributed by atoms with Crippen LogP contribution in [0.4, 0.5) is 0 Å². The van der Waals surface area contributed by atoms with Crippen LogP contribution >= 0.6 is 0 Å². The number of nitrogens with zero attached hydrogens (tertiary/aromatic N) is 1. The number of fused-ring (bicyclic) bond motifs is 1. The Bertz CT molecular complexity index is 699. The van der Waals surface area contributed by atoms with Crippen LogP contribution in [0.15, 0.2) is 0 Å². The molecule has 0 amide bonds. The summed E-state index contributed by atoms with van der Waals surface area (Å²) in [5, 5.41) is 9.48. The SMILES string of the molecule is CC(C)(C)CC1(C(=O)OC2C3CC4C2OC(=O)C4(C#N)C3)CC1(C)C. The summed E-state index contributed by atoms with van der Waals surface area (Å²) in [6.45, 7) is 10.7. The monoisotopic (exact) mass is 345 g/mol. The van der Waals surface area contributed by atoms with E-state index >= 15 is 0 Å². The van der Waals surface area contributed by atoms with Gasteiger partial charge in [-0.2, -0.15) is 5.26 Å². The minimum absolute atomic E-state index is 0.0389. The van der Waals surface area contributed by atoms with Crippen LogP contribution in [-0.4, -0.2) is 24.1 Å². The normalized spacial score (nSPS) is 45.8. The predicted octanol–water partition coefficient (Wildman–Crippen LogP) is 3.23. The summed E-state index contributed by atoms with van der Waals surface area (Å²) in [7, 11) is 0. The Morgan fingerprint density at radius 1 is 1.40 bits per heavy atom. The minimum atomic E-state index is -0.986. The lowest BCUT2D eigenvalue weighted by Gasteiger charge is -2.32. The minimum Gasteiger partial charge on any atom is -0.458 e. The molecule has 0 spiro atoms. The molecule has 1 aliphatic heterocycles. The van der Waals surface area contributed by atoms with E-state index in [1.807, 2.05) is 0 Å². The van der Waals surface area contributed by atoms with E-state index in [9.17, 15) is 14.9 Å². The maximum Gasteiger partial charge on any atom is 0.327 e. The zero-order valence-electron chi connectivity index (χ0n) is 15.7. The van der Waals surface area contributed by atoms with Gasteiger partial charge in [0.25, 0.3) is 0 Å². The van der Waals surface area contributed by atoms with Crippen LogP contribution in [-0.2, 0) is 19.1 Å². The van der Waals surface area contributed by atoms with Crippen LogP contribution < -0.4 is 0 Å². The second-order valence-electron chi connectivity index (χ2n) is 10.5. The van der Waals surface area contributed by atoms with Gasteiger partial charge in [-0.3, -0.25) is 9.59 Å². The van der Waals surface area contributed by atoms with E-state index in [1.165, 1.54) is 0 Å². The molecule has 1 heterocycles. The molecule has 0 aromatic carbocycles. The Morgan fingerprint density at radius 3 is 2.56 bits per heavy atom. The van der Waals surface area contributed by atoms with E-state index in [4.69, 9.17) is 9.47 Å². The molecule has 3 saturated carbocycles. The smallest absolute Gasteiger partial charge is 0.327 e. The Labute approximate surface area is 149 Å². The summed E-state index contributed by atoms with van der Waals surface area (Å²) in [6, 6.07) is 2.20. The van der Waals surface area contributed by atoms with Crippen LogP contribution in [0.25, 0.3) is 0 Å². The molecule has 0 aromatic heterocycles. The second-order valence-corrected chi connectivity index (χ2v) is 10.5. The molecule has 25 heavy (non-hydrogen) atoms. The molecule has 3 aliphatic carbocycles. The van der Waals surface area contributed by atoms with Crippen LogP contribution in [0.5, 0.6) is 0 Å². The number of hydrogen-bond acceptors (Lipinski definition) is 5. The van der Waals surface area contributed by atoms with Crippen molar-refractivity contribution in [2.45, 2.75) is 72.5 Å². The van der Waals surface area contributed by atoms with Gasteiger partial charge >= 0.3 is 11.9 Å². The third kappa shape index (κ3) is 2.06. The zero-order valence-corrected chi connectivity index (χ0v) is 15.7. The van der Waals surface area contributed by atoms with Crippen molar-refractivity contribution in [1.82, 2.24) is 0 Å². The number of esters is 2. The molecule has 0 N–H and O–H groups in total. The van der Waals surface area contributed by atoms with Crippen molar-refractivity contribution >= 4 is 11.9 Å². The molecule has 1 saturated heterocycles. The summed E-state index contributed by atoms with van der Waals surface area (Å²) >= 11 is 0. The molecule has 2 bridgehead atoms. The van der Waals surface area contributed by atoms with Gasteiger partial charge in [0.05, 0.1) is 11.5 Å². The third-order valence-electron chi connectivity index (χ3n) is 7.15. The van der Waals surface area contributed by atoms with Gasteiger partial charge in [0.1, 0.15) is 12.2 Å². The van der Waals surface area contributed by atoms with E-state index in [0.717, 1.165) is 19.3 Å².